The van der Waals surface area contributed by atoms with E-state index in [4.69, 9.17) is 0 Å². The topological polar surface area (TPSA) is 22.0 Å². The van der Waals surface area contributed by atoms with Crippen LogP contribution >= 0.6 is 0 Å². The Labute approximate surface area is 217 Å². The van der Waals surface area contributed by atoms with E-state index < -0.39 is 0 Å². The van der Waals surface area contributed by atoms with E-state index in [-0.39, 0.29) is 18.4 Å². The Bertz CT molecular complexity index is 1860. The van der Waals surface area contributed by atoms with Crippen molar-refractivity contribution in [2.45, 2.75) is 26.7 Å². The van der Waals surface area contributed by atoms with Gasteiger partial charge < -0.3 is 0 Å². The zero-order chi connectivity index (χ0) is 24.4. The van der Waals surface area contributed by atoms with Gasteiger partial charge in [0.15, 0.2) is 0 Å². The van der Waals surface area contributed by atoms with Crippen molar-refractivity contribution >= 4 is 21.7 Å². The normalized spacial score (nSPS) is 13.2. The maximum Gasteiger partial charge on any atom is 0.263 e. The summed E-state index contributed by atoms with van der Waals surface area (Å²) in [5.74, 6) is 0. The van der Waals surface area contributed by atoms with Crippen molar-refractivity contribution in [3.63, 3.8) is 0 Å². The highest BCUT2D eigenvalue weighted by Crippen LogP contribution is 2.47. The van der Waals surface area contributed by atoms with Gasteiger partial charge in [-0.1, -0.05) is 106 Å². The van der Waals surface area contributed by atoms with Gasteiger partial charge in [-0.2, -0.15) is 0 Å². The van der Waals surface area contributed by atoms with E-state index in [2.05, 4.69) is 98.8 Å². The summed E-state index contributed by atoms with van der Waals surface area (Å²) in [5, 5.41) is 2.87. The minimum atomic E-state index is -0.294. The van der Waals surface area contributed by atoms with Crippen LogP contribution in [0.25, 0.3) is 49.6 Å². The third kappa shape index (κ3) is 3.29. The summed E-state index contributed by atoms with van der Waals surface area (Å²) >= 11 is 0. The lowest BCUT2D eigenvalue weighted by atomic mass is 9.72. The standard InChI is InChI=1S/C34H25NO.CH4/c1-34(2)29-20-24(22-11-5-3-6-12-22)17-18-31(29)35-32-28(26-15-9-10-16-27(26)33(35)36)19-25(21-30(32)34)23-13-7-4-8-14-23;/h3-21H,1-2H3;1H4. The molecule has 0 unspecified atom stereocenters. The zero-order valence-corrected chi connectivity index (χ0v) is 20.3. The van der Waals surface area contributed by atoms with Gasteiger partial charge in [-0.3, -0.25) is 9.36 Å². The molecule has 180 valence electrons. The fraction of sp³-hybridized carbons (Fsp3) is 0.114. The second-order valence-corrected chi connectivity index (χ2v) is 10.2. The average molecular weight is 480 g/mol. The van der Waals surface area contributed by atoms with Gasteiger partial charge in [-0.25, -0.2) is 0 Å². The number of fused-ring (bicyclic) bond motifs is 4. The maximum absolute atomic E-state index is 14.0. The van der Waals surface area contributed by atoms with E-state index in [1.807, 2.05) is 34.9 Å². The van der Waals surface area contributed by atoms with Crippen LogP contribution in [0.5, 0.6) is 0 Å². The molecule has 0 radical (unpaired) electrons. The summed E-state index contributed by atoms with van der Waals surface area (Å²) in [6.45, 7) is 4.57. The maximum atomic E-state index is 14.0. The molecule has 1 aromatic heterocycles. The highest BCUT2D eigenvalue weighted by atomic mass is 16.1. The molecule has 2 nitrogen and oxygen atoms in total. The highest BCUT2D eigenvalue weighted by molar-refractivity contribution is 6.09. The Balaban J connectivity index is 0.00000252. The fourth-order valence-electron chi connectivity index (χ4n) is 5.90. The monoisotopic (exact) mass is 479 g/mol. The van der Waals surface area contributed by atoms with E-state index in [1.165, 1.54) is 27.8 Å². The number of hydrogen-bond donors (Lipinski definition) is 0. The first-order valence-corrected chi connectivity index (χ1v) is 12.4. The first-order chi connectivity index (χ1) is 17.5. The average Bonchev–Trinajstić information content (AvgIpc) is 2.93. The molecule has 0 saturated carbocycles. The molecule has 0 saturated heterocycles. The Morgan fingerprint density at radius 3 is 1.78 bits per heavy atom. The summed E-state index contributed by atoms with van der Waals surface area (Å²) in [6, 6.07) is 40.1. The van der Waals surface area contributed by atoms with Crippen molar-refractivity contribution in [2.75, 3.05) is 0 Å². The van der Waals surface area contributed by atoms with Gasteiger partial charge in [0.05, 0.1) is 11.2 Å². The molecule has 2 heterocycles. The molecule has 2 heteroatoms. The summed E-state index contributed by atoms with van der Waals surface area (Å²) in [5.41, 5.74) is 8.77. The SMILES string of the molecule is C.CC1(C)c2cc(-c3ccccc3)ccc2-n2c(=O)c3ccccc3c3cc(-c4ccccc4)cc1c32. The highest BCUT2D eigenvalue weighted by Gasteiger charge is 2.35. The number of pyridine rings is 1. The van der Waals surface area contributed by atoms with E-state index in [0.29, 0.717) is 0 Å². The first kappa shape index (κ1) is 23.0. The number of benzene rings is 5. The molecule has 5 aromatic carbocycles. The van der Waals surface area contributed by atoms with Crippen molar-refractivity contribution in [3.05, 3.63) is 137 Å². The summed E-state index contributed by atoms with van der Waals surface area (Å²) < 4.78 is 1.96. The predicted octanol–water partition coefficient (Wildman–Crippen LogP) is 8.75. The minimum absolute atomic E-state index is 0. The molecule has 37 heavy (non-hydrogen) atoms. The van der Waals surface area contributed by atoms with Gasteiger partial charge in [0, 0.05) is 16.2 Å². The van der Waals surface area contributed by atoms with Gasteiger partial charge in [0.1, 0.15) is 0 Å². The van der Waals surface area contributed by atoms with Crippen molar-refractivity contribution in [1.29, 1.82) is 0 Å². The molecular weight excluding hydrogens is 450 g/mol. The van der Waals surface area contributed by atoms with Crippen molar-refractivity contribution in [2.24, 2.45) is 0 Å². The number of nitrogens with zero attached hydrogens (tertiary/aromatic N) is 1. The van der Waals surface area contributed by atoms with Crippen LogP contribution in [0.4, 0.5) is 0 Å². The summed E-state index contributed by atoms with van der Waals surface area (Å²) in [6.07, 6.45) is 0. The molecule has 0 spiro atoms. The van der Waals surface area contributed by atoms with E-state index in [1.54, 1.807) is 0 Å². The molecule has 0 N–H and O–H groups in total. The lowest BCUT2D eigenvalue weighted by Gasteiger charge is -2.36. The van der Waals surface area contributed by atoms with Crippen LogP contribution in [-0.2, 0) is 5.41 Å². The Morgan fingerprint density at radius 1 is 0.541 bits per heavy atom. The largest absolute Gasteiger partial charge is 0.276 e. The van der Waals surface area contributed by atoms with Crippen LogP contribution in [0.3, 0.4) is 0 Å². The van der Waals surface area contributed by atoms with Crippen molar-refractivity contribution in [1.82, 2.24) is 4.57 Å². The number of hydrogen-bond acceptors (Lipinski definition) is 1. The van der Waals surface area contributed by atoms with Crippen LogP contribution in [0.1, 0.15) is 32.4 Å². The van der Waals surface area contributed by atoms with Crippen LogP contribution in [0.15, 0.2) is 120 Å². The molecule has 1 aliphatic heterocycles. The lowest BCUT2D eigenvalue weighted by molar-refractivity contribution is 0.626. The van der Waals surface area contributed by atoms with Gasteiger partial charge in [-0.15, -0.1) is 0 Å². The Kier molecular flexibility index (Phi) is 5.17. The van der Waals surface area contributed by atoms with Gasteiger partial charge in [0.2, 0.25) is 0 Å². The quantitative estimate of drug-likeness (QED) is 0.228. The molecule has 1 aliphatic rings. The summed E-state index contributed by atoms with van der Waals surface area (Å²) in [4.78, 5) is 14.0. The molecule has 7 rings (SSSR count). The molecule has 0 atom stereocenters. The van der Waals surface area contributed by atoms with E-state index >= 15 is 0 Å². The number of aromatic nitrogens is 1. The third-order valence-electron chi connectivity index (χ3n) is 7.78. The first-order valence-electron chi connectivity index (χ1n) is 12.4. The smallest absolute Gasteiger partial charge is 0.263 e. The van der Waals surface area contributed by atoms with E-state index in [9.17, 15) is 4.79 Å². The Hall–Kier alpha value is -4.43. The molecule has 0 fully saturated rings. The van der Waals surface area contributed by atoms with Crippen molar-refractivity contribution in [3.8, 4) is 27.9 Å². The van der Waals surface area contributed by atoms with E-state index in [0.717, 1.165) is 32.9 Å². The van der Waals surface area contributed by atoms with Gasteiger partial charge in [0.25, 0.3) is 5.56 Å². The summed E-state index contributed by atoms with van der Waals surface area (Å²) in [7, 11) is 0. The Morgan fingerprint density at radius 2 is 1.11 bits per heavy atom. The molecule has 6 aromatic rings. The lowest BCUT2D eigenvalue weighted by Crippen LogP contribution is -2.32. The molecule has 0 aliphatic carbocycles. The number of rotatable bonds is 2. The molecule has 0 amide bonds. The second-order valence-electron chi connectivity index (χ2n) is 10.2. The van der Waals surface area contributed by atoms with Crippen molar-refractivity contribution < 1.29 is 0 Å². The van der Waals surface area contributed by atoms with Gasteiger partial charge in [-0.05, 0) is 69.1 Å². The van der Waals surface area contributed by atoms with Gasteiger partial charge >= 0.3 is 0 Å². The second kappa shape index (κ2) is 8.31. The predicted molar refractivity (Wildman–Crippen MR) is 157 cm³/mol. The minimum Gasteiger partial charge on any atom is -0.276 e. The van der Waals surface area contributed by atoms with Crippen LogP contribution in [0, 0.1) is 0 Å². The van der Waals surface area contributed by atoms with Crippen LogP contribution in [-0.4, -0.2) is 4.57 Å². The third-order valence-corrected chi connectivity index (χ3v) is 7.78. The zero-order valence-electron chi connectivity index (χ0n) is 20.3. The molecular formula is C35H29NO. The van der Waals surface area contributed by atoms with Crippen LogP contribution in [0.2, 0.25) is 0 Å². The fourth-order valence-corrected chi connectivity index (χ4v) is 5.90. The van der Waals surface area contributed by atoms with Crippen LogP contribution < -0.4 is 5.56 Å². The molecule has 0 bridgehead atoms.